The molecule has 2 aromatic carbocycles. The van der Waals surface area contributed by atoms with E-state index in [1.54, 1.807) is 24.4 Å². The van der Waals surface area contributed by atoms with Crippen LogP contribution in [-0.2, 0) is 6.18 Å². The fraction of sp³-hybridized carbons (Fsp3) is 0.0435. The molecule has 0 unspecified atom stereocenters. The highest BCUT2D eigenvalue weighted by atomic mass is 35.5. The Kier molecular flexibility index (Phi) is 4.79. The van der Waals surface area contributed by atoms with Crippen molar-refractivity contribution in [1.29, 1.82) is 0 Å². The number of nitrogen functional groups attached to an aromatic ring is 1. The lowest BCUT2D eigenvalue weighted by Gasteiger charge is -2.17. The van der Waals surface area contributed by atoms with Crippen molar-refractivity contribution in [2.24, 2.45) is 0 Å². The number of hydrogen-bond donors (Lipinski definition) is 1. The number of nitrogens with zero attached hydrogens (tertiary/aromatic N) is 4. The number of nitrogens with two attached hydrogens (primary N) is 1. The average molecular weight is 468 g/mol. The maximum atomic E-state index is 13.7. The summed E-state index contributed by atoms with van der Waals surface area (Å²) in [7, 11) is 0. The maximum absolute atomic E-state index is 13.7. The van der Waals surface area contributed by atoms with Crippen LogP contribution in [-0.4, -0.2) is 19.5 Å². The predicted molar refractivity (Wildman–Crippen MR) is 120 cm³/mol. The summed E-state index contributed by atoms with van der Waals surface area (Å²) in [5.41, 5.74) is 6.41. The largest absolute Gasteiger partial charge is 0.433 e. The van der Waals surface area contributed by atoms with Crippen LogP contribution in [0.3, 0.4) is 0 Å². The van der Waals surface area contributed by atoms with E-state index in [0.29, 0.717) is 27.3 Å². The number of halogens is 4. The smallest absolute Gasteiger partial charge is 0.397 e. The van der Waals surface area contributed by atoms with Crippen molar-refractivity contribution in [3.63, 3.8) is 0 Å². The Balaban J connectivity index is 1.89. The summed E-state index contributed by atoms with van der Waals surface area (Å²) in [6.07, 6.45) is -1.63. The summed E-state index contributed by atoms with van der Waals surface area (Å²) < 4.78 is 41.3. The fourth-order valence-corrected chi connectivity index (χ4v) is 3.80. The third-order valence-corrected chi connectivity index (χ3v) is 5.45. The number of aromatic nitrogens is 4. The highest BCUT2D eigenvalue weighted by molar-refractivity contribution is 6.30. The van der Waals surface area contributed by atoms with E-state index in [-0.39, 0.29) is 22.3 Å². The van der Waals surface area contributed by atoms with Crippen LogP contribution in [0.2, 0.25) is 5.02 Å². The number of anilines is 1. The molecule has 0 saturated carbocycles. The van der Waals surface area contributed by atoms with Crippen LogP contribution in [0.15, 0.2) is 71.8 Å². The third kappa shape index (κ3) is 3.56. The highest BCUT2D eigenvalue weighted by Crippen LogP contribution is 2.34. The number of pyridine rings is 2. The standard InChI is InChI=1S/C23H13ClF3N5O/c24-13-2-4-14(5-3-13)32-21-15(6-8-18(31-21)23(25,26)27)20(28)19(22(32)33)12-1-7-16-17(11-12)30-10-9-29-16/h1-11H,28H2. The molecule has 5 rings (SSSR count). The van der Waals surface area contributed by atoms with E-state index in [0.717, 1.165) is 10.6 Å². The molecule has 0 spiro atoms. The van der Waals surface area contributed by atoms with Gasteiger partial charge in [-0.1, -0.05) is 17.7 Å². The van der Waals surface area contributed by atoms with Crippen molar-refractivity contribution in [3.05, 3.63) is 88.1 Å². The predicted octanol–water partition coefficient (Wildman–Crippen LogP) is 5.25. The lowest BCUT2D eigenvalue weighted by molar-refractivity contribution is -0.141. The molecule has 5 aromatic rings. The number of fused-ring (bicyclic) bond motifs is 2. The van der Waals surface area contributed by atoms with Crippen LogP contribution in [0.4, 0.5) is 18.9 Å². The van der Waals surface area contributed by atoms with Gasteiger partial charge in [-0.05, 0) is 54.1 Å². The molecule has 0 fully saturated rings. The van der Waals surface area contributed by atoms with E-state index < -0.39 is 17.4 Å². The Morgan fingerprint density at radius 1 is 0.909 bits per heavy atom. The van der Waals surface area contributed by atoms with Crippen LogP contribution in [0.1, 0.15) is 5.69 Å². The lowest BCUT2D eigenvalue weighted by atomic mass is 10.0. The Morgan fingerprint density at radius 3 is 2.30 bits per heavy atom. The lowest BCUT2D eigenvalue weighted by Crippen LogP contribution is -2.24. The Morgan fingerprint density at radius 2 is 1.61 bits per heavy atom. The molecule has 2 N–H and O–H groups in total. The molecule has 0 amide bonds. The van der Waals surface area contributed by atoms with Gasteiger partial charge >= 0.3 is 6.18 Å². The van der Waals surface area contributed by atoms with Crippen LogP contribution < -0.4 is 11.3 Å². The van der Waals surface area contributed by atoms with Crippen LogP contribution in [0.5, 0.6) is 0 Å². The molecule has 0 aliphatic rings. The van der Waals surface area contributed by atoms with Gasteiger partial charge in [0.25, 0.3) is 5.56 Å². The summed E-state index contributed by atoms with van der Waals surface area (Å²) in [4.78, 5) is 25.9. The quantitative estimate of drug-likeness (QED) is 0.383. The van der Waals surface area contributed by atoms with Gasteiger partial charge in [0.05, 0.1) is 28.0 Å². The zero-order chi connectivity index (χ0) is 23.3. The first-order valence-corrected chi connectivity index (χ1v) is 10.0. The van der Waals surface area contributed by atoms with Gasteiger partial charge in [-0.15, -0.1) is 0 Å². The van der Waals surface area contributed by atoms with Gasteiger partial charge in [0, 0.05) is 22.8 Å². The minimum atomic E-state index is -4.69. The van der Waals surface area contributed by atoms with E-state index in [1.165, 1.54) is 36.5 Å². The number of benzene rings is 2. The van der Waals surface area contributed by atoms with Gasteiger partial charge in [-0.25, -0.2) is 4.98 Å². The second-order valence-electron chi connectivity index (χ2n) is 7.23. The Bertz CT molecular complexity index is 1600. The number of hydrogen-bond acceptors (Lipinski definition) is 5. The third-order valence-electron chi connectivity index (χ3n) is 5.20. The fourth-order valence-electron chi connectivity index (χ4n) is 3.67. The summed E-state index contributed by atoms with van der Waals surface area (Å²) in [6, 6.07) is 13.2. The normalized spacial score (nSPS) is 11.9. The molecule has 33 heavy (non-hydrogen) atoms. The summed E-state index contributed by atoms with van der Waals surface area (Å²) in [5, 5.41) is 0.607. The first-order chi connectivity index (χ1) is 15.7. The van der Waals surface area contributed by atoms with Crippen molar-refractivity contribution in [3.8, 4) is 16.8 Å². The molecule has 164 valence electrons. The SMILES string of the molecule is Nc1c(-c2ccc3nccnc3c2)c(=O)n(-c2ccc(Cl)cc2)c2nc(C(F)(F)F)ccc12. The topological polar surface area (TPSA) is 86.7 Å². The molecule has 0 atom stereocenters. The van der Waals surface area contributed by atoms with E-state index in [1.807, 2.05) is 0 Å². The molecule has 3 aromatic heterocycles. The molecular formula is C23H13ClF3N5O. The van der Waals surface area contributed by atoms with Crippen molar-refractivity contribution in [2.75, 3.05) is 5.73 Å². The monoisotopic (exact) mass is 467 g/mol. The van der Waals surface area contributed by atoms with E-state index in [9.17, 15) is 18.0 Å². The first kappa shape index (κ1) is 20.9. The van der Waals surface area contributed by atoms with E-state index >= 15 is 0 Å². The molecular weight excluding hydrogens is 455 g/mol. The van der Waals surface area contributed by atoms with Gasteiger partial charge in [-0.2, -0.15) is 13.2 Å². The number of rotatable bonds is 2. The zero-order valence-electron chi connectivity index (χ0n) is 16.6. The van der Waals surface area contributed by atoms with Gasteiger partial charge in [0.15, 0.2) is 0 Å². The van der Waals surface area contributed by atoms with Crippen LogP contribution >= 0.6 is 11.6 Å². The molecule has 10 heteroatoms. The second kappa shape index (κ2) is 7.56. The van der Waals surface area contributed by atoms with E-state index in [4.69, 9.17) is 17.3 Å². The van der Waals surface area contributed by atoms with Crippen LogP contribution in [0.25, 0.3) is 38.9 Å². The first-order valence-electron chi connectivity index (χ1n) is 9.63. The van der Waals surface area contributed by atoms with Crippen LogP contribution in [0, 0.1) is 0 Å². The maximum Gasteiger partial charge on any atom is 0.433 e. The highest BCUT2D eigenvalue weighted by Gasteiger charge is 2.33. The summed E-state index contributed by atoms with van der Waals surface area (Å²) >= 11 is 5.97. The average Bonchev–Trinajstić information content (AvgIpc) is 2.79. The second-order valence-corrected chi connectivity index (χ2v) is 7.67. The van der Waals surface area contributed by atoms with Crippen molar-refractivity contribution in [1.82, 2.24) is 19.5 Å². The van der Waals surface area contributed by atoms with Gasteiger partial charge in [-0.3, -0.25) is 19.3 Å². The molecule has 0 bridgehead atoms. The minimum absolute atomic E-state index is 0.0182. The molecule has 0 radical (unpaired) electrons. The molecule has 0 saturated heterocycles. The molecule has 0 aliphatic heterocycles. The van der Waals surface area contributed by atoms with Gasteiger partial charge < -0.3 is 5.73 Å². The van der Waals surface area contributed by atoms with Crippen molar-refractivity contribution < 1.29 is 13.2 Å². The van der Waals surface area contributed by atoms with Crippen molar-refractivity contribution in [2.45, 2.75) is 6.18 Å². The summed E-state index contributed by atoms with van der Waals surface area (Å²) in [5.74, 6) is 0. The molecule has 3 heterocycles. The van der Waals surface area contributed by atoms with Crippen molar-refractivity contribution >= 4 is 39.4 Å². The van der Waals surface area contributed by atoms with Gasteiger partial charge in [0.1, 0.15) is 11.3 Å². The Hall–Kier alpha value is -3.98. The molecule has 6 nitrogen and oxygen atoms in total. The number of alkyl halides is 3. The summed E-state index contributed by atoms with van der Waals surface area (Å²) in [6.45, 7) is 0. The molecule has 0 aliphatic carbocycles. The Labute approximate surface area is 189 Å². The van der Waals surface area contributed by atoms with Gasteiger partial charge in [0.2, 0.25) is 0 Å². The zero-order valence-corrected chi connectivity index (χ0v) is 17.4. The minimum Gasteiger partial charge on any atom is -0.397 e. The van der Waals surface area contributed by atoms with E-state index in [2.05, 4.69) is 15.0 Å².